The molecule has 6 nitrogen and oxygen atoms in total. The summed E-state index contributed by atoms with van der Waals surface area (Å²) in [6, 6.07) is 0. The predicted octanol–water partition coefficient (Wildman–Crippen LogP) is -0.753. The van der Waals surface area contributed by atoms with Crippen molar-refractivity contribution in [1.82, 2.24) is 14.7 Å². The maximum atomic E-state index is 10.3. The molecule has 2 heterocycles. The Labute approximate surface area is 115 Å². The Bertz CT molecular complexity index is 254. The lowest BCUT2D eigenvalue weighted by atomic mass is 10.2. The number of nitrogens with zero attached hydrogens (tertiary/aromatic N) is 3. The highest BCUT2D eigenvalue weighted by Gasteiger charge is 2.34. The lowest BCUT2D eigenvalue weighted by Gasteiger charge is -2.45. The molecule has 0 aromatic carbocycles. The minimum absolute atomic E-state index is 0.0439. The number of piperazine rings is 1. The third-order valence-electron chi connectivity index (χ3n) is 3.92. The van der Waals surface area contributed by atoms with E-state index in [2.05, 4.69) is 21.7 Å². The summed E-state index contributed by atoms with van der Waals surface area (Å²) in [4.78, 5) is 6.95. The average Bonchev–Trinajstić information content (AvgIpc) is 2.43. The monoisotopic (exact) mass is 273 g/mol. The first kappa shape index (κ1) is 15.2. The normalized spacial score (nSPS) is 27.3. The zero-order valence-corrected chi connectivity index (χ0v) is 12.1. The molecular weight excluding hydrogens is 246 g/mol. The number of morpholine rings is 1. The van der Waals surface area contributed by atoms with Crippen LogP contribution in [0.15, 0.2) is 0 Å². The molecule has 0 bridgehead atoms. The summed E-state index contributed by atoms with van der Waals surface area (Å²) in [7, 11) is 2.14. The second kappa shape index (κ2) is 7.52. The Hall–Kier alpha value is -0.240. The lowest BCUT2D eigenvalue weighted by molar-refractivity contribution is -0.194. The van der Waals surface area contributed by atoms with Gasteiger partial charge < -0.3 is 19.5 Å². The van der Waals surface area contributed by atoms with Crippen LogP contribution in [0.2, 0.25) is 0 Å². The molecule has 0 amide bonds. The van der Waals surface area contributed by atoms with E-state index in [0.29, 0.717) is 6.61 Å². The summed E-state index contributed by atoms with van der Waals surface area (Å²) in [5.74, 6) is 0. The molecule has 1 N–H and O–H groups in total. The Morgan fingerprint density at radius 3 is 2.21 bits per heavy atom. The fourth-order valence-electron chi connectivity index (χ4n) is 2.78. The van der Waals surface area contributed by atoms with Crippen molar-refractivity contribution in [2.24, 2.45) is 0 Å². The molecule has 0 aromatic rings. The molecule has 0 saturated carbocycles. The van der Waals surface area contributed by atoms with E-state index in [-0.39, 0.29) is 6.17 Å². The fraction of sp³-hybridized carbons (Fsp3) is 1.00. The van der Waals surface area contributed by atoms with Crippen LogP contribution in [0.4, 0.5) is 0 Å². The molecule has 0 aromatic heterocycles. The topological polar surface area (TPSA) is 48.4 Å². The van der Waals surface area contributed by atoms with Gasteiger partial charge >= 0.3 is 0 Å². The minimum Gasteiger partial charge on any atom is -0.379 e. The van der Waals surface area contributed by atoms with Crippen LogP contribution in [0.25, 0.3) is 0 Å². The van der Waals surface area contributed by atoms with Crippen molar-refractivity contribution < 1.29 is 14.6 Å². The van der Waals surface area contributed by atoms with Gasteiger partial charge in [-0.2, -0.15) is 0 Å². The van der Waals surface area contributed by atoms with Crippen molar-refractivity contribution in [3.8, 4) is 0 Å². The van der Waals surface area contributed by atoms with Gasteiger partial charge in [-0.1, -0.05) is 0 Å². The Balaban J connectivity index is 1.99. The van der Waals surface area contributed by atoms with Gasteiger partial charge in [0.05, 0.1) is 13.2 Å². The zero-order chi connectivity index (χ0) is 13.7. The quantitative estimate of drug-likeness (QED) is 0.665. The molecule has 2 atom stereocenters. The lowest BCUT2D eigenvalue weighted by Crippen LogP contribution is -2.62. The van der Waals surface area contributed by atoms with Gasteiger partial charge in [-0.25, -0.2) is 0 Å². The third kappa shape index (κ3) is 4.11. The maximum absolute atomic E-state index is 10.3. The van der Waals surface area contributed by atoms with E-state index < -0.39 is 6.29 Å². The van der Waals surface area contributed by atoms with Crippen LogP contribution in [0.3, 0.4) is 0 Å². The summed E-state index contributed by atoms with van der Waals surface area (Å²) in [5, 5.41) is 10.3. The summed E-state index contributed by atoms with van der Waals surface area (Å²) in [6.07, 6.45) is -0.788. The first-order chi connectivity index (χ1) is 9.22. The smallest absolute Gasteiger partial charge is 0.183 e. The van der Waals surface area contributed by atoms with Gasteiger partial charge in [-0.3, -0.25) is 9.80 Å². The van der Waals surface area contributed by atoms with E-state index in [0.717, 1.165) is 52.5 Å². The van der Waals surface area contributed by atoms with Crippen LogP contribution in [0.1, 0.15) is 6.92 Å². The van der Waals surface area contributed by atoms with Crippen LogP contribution < -0.4 is 0 Å². The summed E-state index contributed by atoms with van der Waals surface area (Å²) in [5.41, 5.74) is 0. The van der Waals surface area contributed by atoms with Crippen LogP contribution in [0.5, 0.6) is 0 Å². The van der Waals surface area contributed by atoms with E-state index in [1.54, 1.807) is 0 Å². The molecule has 2 fully saturated rings. The van der Waals surface area contributed by atoms with Gasteiger partial charge in [0.25, 0.3) is 0 Å². The van der Waals surface area contributed by atoms with E-state index >= 15 is 0 Å². The highest BCUT2D eigenvalue weighted by molar-refractivity contribution is 4.81. The number of hydrogen-bond acceptors (Lipinski definition) is 6. The van der Waals surface area contributed by atoms with Crippen molar-refractivity contribution >= 4 is 0 Å². The summed E-state index contributed by atoms with van der Waals surface area (Å²) >= 11 is 0. The summed E-state index contributed by atoms with van der Waals surface area (Å²) < 4.78 is 10.9. The molecule has 2 rings (SSSR count). The van der Waals surface area contributed by atoms with Gasteiger partial charge in [-0.15, -0.1) is 0 Å². The van der Waals surface area contributed by atoms with E-state index in [1.165, 1.54) is 0 Å². The van der Waals surface area contributed by atoms with E-state index in [9.17, 15) is 5.11 Å². The fourth-order valence-corrected chi connectivity index (χ4v) is 2.78. The van der Waals surface area contributed by atoms with Gasteiger partial charge in [0.15, 0.2) is 6.29 Å². The molecular formula is C13H27N3O3. The van der Waals surface area contributed by atoms with Crippen molar-refractivity contribution in [1.29, 1.82) is 0 Å². The first-order valence-electron chi connectivity index (χ1n) is 7.26. The van der Waals surface area contributed by atoms with Gasteiger partial charge in [0, 0.05) is 45.9 Å². The molecule has 112 valence electrons. The van der Waals surface area contributed by atoms with Crippen molar-refractivity contribution in [2.45, 2.75) is 19.4 Å². The van der Waals surface area contributed by atoms with Crippen molar-refractivity contribution in [3.63, 3.8) is 0 Å². The van der Waals surface area contributed by atoms with Crippen molar-refractivity contribution in [2.75, 3.05) is 66.1 Å². The second-order valence-electron chi connectivity index (χ2n) is 5.25. The van der Waals surface area contributed by atoms with Crippen LogP contribution in [0, 0.1) is 0 Å². The Morgan fingerprint density at radius 2 is 1.63 bits per heavy atom. The predicted molar refractivity (Wildman–Crippen MR) is 72.9 cm³/mol. The number of hydrogen-bond donors (Lipinski definition) is 1. The Morgan fingerprint density at radius 1 is 1.05 bits per heavy atom. The largest absolute Gasteiger partial charge is 0.379 e. The van der Waals surface area contributed by atoms with Crippen LogP contribution in [-0.4, -0.2) is 98.4 Å². The molecule has 2 saturated heterocycles. The highest BCUT2D eigenvalue weighted by Crippen LogP contribution is 2.16. The number of aliphatic hydroxyl groups excluding tert-OH is 1. The van der Waals surface area contributed by atoms with Crippen LogP contribution >= 0.6 is 0 Å². The second-order valence-corrected chi connectivity index (χ2v) is 5.25. The van der Waals surface area contributed by atoms with E-state index in [1.807, 2.05) is 6.92 Å². The SMILES string of the molecule is CCOC(O)C(N1CCOCC1)N1CCN(C)CC1. The zero-order valence-electron chi connectivity index (χ0n) is 12.1. The third-order valence-corrected chi connectivity index (χ3v) is 3.92. The molecule has 6 heteroatoms. The first-order valence-corrected chi connectivity index (χ1v) is 7.26. The highest BCUT2D eigenvalue weighted by atomic mass is 16.6. The molecule has 2 unspecified atom stereocenters. The number of ether oxygens (including phenoxy) is 2. The molecule has 2 aliphatic heterocycles. The number of likely N-dealkylation sites (N-methyl/N-ethyl adjacent to an activating group) is 1. The maximum Gasteiger partial charge on any atom is 0.183 e. The molecule has 0 aliphatic carbocycles. The Kier molecular flexibility index (Phi) is 6.00. The number of aliphatic hydroxyl groups is 1. The summed E-state index contributed by atoms with van der Waals surface area (Å²) in [6.45, 7) is 9.69. The van der Waals surface area contributed by atoms with Gasteiger partial charge in [0.2, 0.25) is 0 Å². The van der Waals surface area contributed by atoms with Gasteiger partial charge in [0.1, 0.15) is 6.17 Å². The molecule has 0 radical (unpaired) electrons. The van der Waals surface area contributed by atoms with Crippen molar-refractivity contribution in [3.05, 3.63) is 0 Å². The standard InChI is InChI=1S/C13H27N3O3/c1-3-19-13(17)12(16-8-10-18-11-9-16)15-6-4-14(2)5-7-15/h12-13,17H,3-11H2,1-2H3. The molecule has 19 heavy (non-hydrogen) atoms. The van der Waals surface area contributed by atoms with Crippen LogP contribution in [-0.2, 0) is 9.47 Å². The van der Waals surface area contributed by atoms with Gasteiger partial charge in [-0.05, 0) is 14.0 Å². The van der Waals surface area contributed by atoms with E-state index in [4.69, 9.17) is 9.47 Å². The number of rotatable bonds is 5. The molecule has 2 aliphatic rings. The molecule has 0 spiro atoms. The minimum atomic E-state index is -0.744. The average molecular weight is 273 g/mol.